The molecule has 0 aliphatic carbocycles. The highest BCUT2D eigenvalue weighted by Gasteiger charge is 2.24. The van der Waals surface area contributed by atoms with Crippen LogP contribution in [-0.2, 0) is 13.1 Å². The van der Waals surface area contributed by atoms with E-state index in [1.807, 2.05) is 18.5 Å². The van der Waals surface area contributed by atoms with Gasteiger partial charge in [-0.05, 0) is 51.4 Å². The second-order valence-corrected chi connectivity index (χ2v) is 6.43. The largest absolute Gasteiger partial charge is 0.294 e. The highest BCUT2D eigenvalue weighted by Crippen LogP contribution is 2.23. The highest BCUT2D eigenvalue weighted by atomic mass is 19.1. The molecule has 1 aliphatic rings. The molecule has 6 heteroatoms. The summed E-state index contributed by atoms with van der Waals surface area (Å²) in [7, 11) is 0. The molecule has 0 spiro atoms. The molecule has 126 valence electrons. The van der Waals surface area contributed by atoms with E-state index in [1.165, 1.54) is 18.6 Å². The van der Waals surface area contributed by atoms with Gasteiger partial charge in [-0.25, -0.2) is 14.1 Å². The first kappa shape index (κ1) is 16.6. The minimum absolute atomic E-state index is 0.244. The summed E-state index contributed by atoms with van der Waals surface area (Å²) in [5.74, 6) is 1.45. The maximum absolute atomic E-state index is 14.1. The fraction of sp³-hybridized carbons (Fsp3) is 0.500. The predicted molar refractivity (Wildman–Crippen MR) is 88.7 cm³/mol. The molecule has 0 unspecified atom stereocenters. The van der Waals surface area contributed by atoms with Crippen LogP contribution < -0.4 is 0 Å². The lowest BCUT2D eigenvalue weighted by molar-refractivity contribution is 0.120. The molecule has 1 saturated heterocycles. The van der Waals surface area contributed by atoms with Crippen molar-refractivity contribution in [2.45, 2.75) is 52.2 Å². The van der Waals surface area contributed by atoms with Gasteiger partial charge in [0.05, 0.1) is 18.2 Å². The molecule has 1 aromatic heterocycles. The Morgan fingerprint density at radius 3 is 2.88 bits per heavy atom. The molecule has 0 radical (unpaired) electrons. The Balaban J connectivity index is 1.77. The minimum Gasteiger partial charge on any atom is -0.294 e. The van der Waals surface area contributed by atoms with Crippen LogP contribution in [0.4, 0.5) is 4.39 Å². The second-order valence-electron chi connectivity index (χ2n) is 6.43. The van der Waals surface area contributed by atoms with E-state index in [0.717, 1.165) is 37.6 Å². The van der Waals surface area contributed by atoms with Crippen molar-refractivity contribution < 1.29 is 4.39 Å². The number of nitriles is 1. The molecule has 2 heterocycles. The first-order chi connectivity index (χ1) is 11.6. The van der Waals surface area contributed by atoms with Crippen LogP contribution in [0.25, 0.3) is 0 Å². The number of hydrogen-bond donors (Lipinski definition) is 0. The molecule has 0 saturated carbocycles. The van der Waals surface area contributed by atoms with Crippen molar-refractivity contribution in [2.75, 3.05) is 6.54 Å². The van der Waals surface area contributed by atoms with Crippen LogP contribution in [0.15, 0.2) is 18.2 Å². The van der Waals surface area contributed by atoms with Gasteiger partial charge in [-0.1, -0.05) is 6.42 Å². The third-order valence-corrected chi connectivity index (χ3v) is 4.64. The molecule has 1 atom stereocenters. The number of likely N-dealkylation sites (tertiary alicyclic amines) is 1. The summed E-state index contributed by atoms with van der Waals surface area (Å²) in [5.41, 5.74) is 1.09. The van der Waals surface area contributed by atoms with E-state index < -0.39 is 0 Å². The van der Waals surface area contributed by atoms with Crippen molar-refractivity contribution in [3.63, 3.8) is 0 Å². The first-order valence-corrected chi connectivity index (χ1v) is 8.37. The highest BCUT2D eigenvalue weighted by molar-refractivity contribution is 5.33. The van der Waals surface area contributed by atoms with Crippen LogP contribution in [0.3, 0.4) is 0 Å². The Morgan fingerprint density at radius 1 is 1.33 bits per heavy atom. The van der Waals surface area contributed by atoms with Crippen LogP contribution in [0.2, 0.25) is 0 Å². The second kappa shape index (κ2) is 7.10. The number of aryl methyl sites for hydroxylation is 2. The van der Waals surface area contributed by atoms with E-state index in [0.29, 0.717) is 23.7 Å². The van der Waals surface area contributed by atoms with Gasteiger partial charge in [0, 0.05) is 18.2 Å². The quantitative estimate of drug-likeness (QED) is 0.866. The monoisotopic (exact) mass is 327 g/mol. The van der Waals surface area contributed by atoms with Crippen LogP contribution in [0.1, 0.15) is 42.0 Å². The molecular formula is C18H22FN5. The normalized spacial score (nSPS) is 18.5. The summed E-state index contributed by atoms with van der Waals surface area (Å²) in [5, 5.41) is 13.5. The Labute approximate surface area is 141 Å². The topological polar surface area (TPSA) is 57.7 Å². The average molecular weight is 327 g/mol. The van der Waals surface area contributed by atoms with E-state index in [2.05, 4.69) is 21.1 Å². The van der Waals surface area contributed by atoms with Crippen molar-refractivity contribution in [2.24, 2.45) is 0 Å². The smallest absolute Gasteiger partial charge is 0.147 e. The van der Waals surface area contributed by atoms with Gasteiger partial charge < -0.3 is 0 Å². The fourth-order valence-corrected chi connectivity index (χ4v) is 3.39. The number of halogens is 1. The first-order valence-electron chi connectivity index (χ1n) is 8.37. The van der Waals surface area contributed by atoms with E-state index in [4.69, 9.17) is 5.26 Å². The Morgan fingerprint density at radius 2 is 2.17 bits per heavy atom. The number of rotatable bonds is 4. The van der Waals surface area contributed by atoms with Crippen molar-refractivity contribution in [3.8, 4) is 6.07 Å². The van der Waals surface area contributed by atoms with Crippen molar-refractivity contribution >= 4 is 0 Å². The average Bonchev–Trinajstić information content (AvgIpc) is 2.88. The summed E-state index contributed by atoms with van der Waals surface area (Å²) >= 11 is 0. The third kappa shape index (κ3) is 3.62. The van der Waals surface area contributed by atoms with Gasteiger partial charge in [0.25, 0.3) is 0 Å². The molecule has 1 fully saturated rings. The summed E-state index contributed by atoms with van der Waals surface area (Å²) in [6.07, 6.45) is 3.36. The number of hydrogen-bond acceptors (Lipinski definition) is 4. The molecule has 5 nitrogen and oxygen atoms in total. The number of aromatic nitrogens is 3. The van der Waals surface area contributed by atoms with Crippen molar-refractivity contribution in [1.29, 1.82) is 5.26 Å². The predicted octanol–water partition coefficient (Wildman–Crippen LogP) is 2.96. The maximum Gasteiger partial charge on any atom is 0.147 e. The Hall–Kier alpha value is -2.26. The molecule has 0 amide bonds. The van der Waals surface area contributed by atoms with Gasteiger partial charge >= 0.3 is 0 Å². The number of benzene rings is 1. The Bertz CT molecular complexity index is 761. The van der Waals surface area contributed by atoms with Crippen molar-refractivity contribution in [1.82, 2.24) is 19.7 Å². The lowest BCUT2D eigenvalue weighted by Gasteiger charge is -2.35. The molecule has 0 bridgehead atoms. The van der Waals surface area contributed by atoms with E-state index in [-0.39, 0.29) is 5.82 Å². The van der Waals surface area contributed by atoms with E-state index in [1.54, 1.807) is 6.07 Å². The molecule has 1 aromatic carbocycles. The van der Waals surface area contributed by atoms with Crippen LogP contribution >= 0.6 is 0 Å². The lowest BCUT2D eigenvalue weighted by Crippen LogP contribution is -2.42. The zero-order valence-electron chi connectivity index (χ0n) is 14.2. The van der Waals surface area contributed by atoms with Gasteiger partial charge in [-0.15, -0.1) is 0 Å². The van der Waals surface area contributed by atoms with Gasteiger partial charge in [0.2, 0.25) is 0 Å². The summed E-state index contributed by atoms with van der Waals surface area (Å²) in [4.78, 5) is 6.66. The minimum atomic E-state index is -0.244. The maximum atomic E-state index is 14.1. The van der Waals surface area contributed by atoms with E-state index in [9.17, 15) is 4.39 Å². The van der Waals surface area contributed by atoms with Crippen LogP contribution in [-0.4, -0.2) is 32.3 Å². The number of piperidine rings is 1. The summed E-state index contributed by atoms with van der Waals surface area (Å²) < 4.78 is 16.1. The number of nitrogens with zero attached hydrogens (tertiary/aromatic N) is 5. The molecule has 3 rings (SSSR count). The van der Waals surface area contributed by atoms with Gasteiger partial charge in [-0.3, -0.25) is 4.90 Å². The molecule has 2 aromatic rings. The van der Waals surface area contributed by atoms with Gasteiger partial charge in [0.15, 0.2) is 0 Å². The summed E-state index contributed by atoms with van der Waals surface area (Å²) in [6.45, 7) is 6.09. The molecule has 1 aliphatic heterocycles. The Kier molecular flexibility index (Phi) is 4.91. The third-order valence-electron chi connectivity index (χ3n) is 4.64. The zero-order chi connectivity index (χ0) is 17.1. The van der Waals surface area contributed by atoms with Crippen LogP contribution in [0, 0.1) is 31.0 Å². The standard InChI is InChI=1S/C18H22FN5/c1-13-21-14(2)24(22-13)12-17-5-3-4-8-23(17)11-16-9-15(10-20)6-7-18(16)19/h6-7,9,17H,3-5,8,11-12H2,1-2H3/t17-/m1/s1. The van der Waals surface area contributed by atoms with E-state index >= 15 is 0 Å². The molecular weight excluding hydrogens is 305 g/mol. The zero-order valence-corrected chi connectivity index (χ0v) is 14.2. The molecule has 0 N–H and O–H groups in total. The van der Waals surface area contributed by atoms with Gasteiger partial charge in [0.1, 0.15) is 17.5 Å². The lowest BCUT2D eigenvalue weighted by atomic mass is 10.0. The van der Waals surface area contributed by atoms with Crippen LogP contribution in [0.5, 0.6) is 0 Å². The summed E-state index contributed by atoms with van der Waals surface area (Å²) in [6, 6.07) is 6.96. The van der Waals surface area contributed by atoms with Gasteiger partial charge in [-0.2, -0.15) is 10.4 Å². The SMILES string of the molecule is Cc1nc(C)n(C[C@H]2CCCCN2Cc2cc(C#N)ccc2F)n1. The van der Waals surface area contributed by atoms with Crippen molar-refractivity contribution in [3.05, 3.63) is 46.8 Å². The molecule has 24 heavy (non-hydrogen) atoms. The fourth-order valence-electron chi connectivity index (χ4n) is 3.39.